The Morgan fingerprint density at radius 1 is 1.48 bits per heavy atom. The first-order valence-electron chi connectivity index (χ1n) is 8.36. The van der Waals surface area contributed by atoms with Crippen LogP contribution < -0.4 is 0 Å². The number of hydrogen-bond acceptors (Lipinski definition) is 4. The van der Waals surface area contributed by atoms with Gasteiger partial charge in [-0.3, -0.25) is 14.7 Å². The van der Waals surface area contributed by atoms with E-state index in [1.54, 1.807) is 17.2 Å². The fourth-order valence-corrected chi connectivity index (χ4v) is 3.86. The number of H-pyrrole nitrogens is 1. The van der Waals surface area contributed by atoms with Gasteiger partial charge in [0.15, 0.2) is 0 Å². The molecule has 1 aromatic heterocycles. The van der Waals surface area contributed by atoms with Crippen LogP contribution in [0.1, 0.15) is 36.2 Å². The van der Waals surface area contributed by atoms with Crippen molar-refractivity contribution in [2.24, 2.45) is 5.92 Å². The lowest BCUT2D eigenvalue weighted by Crippen LogP contribution is -2.66. The lowest BCUT2D eigenvalue weighted by atomic mass is 9.82. The van der Waals surface area contributed by atoms with Crippen LogP contribution in [0.25, 0.3) is 0 Å². The number of hydrogen-bond donors (Lipinski definition) is 1. The Bertz CT molecular complexity index is 584. The number of rotatable bonds is 3. The number of carbonyl (C=O) groups is 2. The number of likely N-dealkylation sites (tertiary alicyclic amines) is 2. The number of amides is 2. The maximum Gasteiger partial charge on any atom is 0.272 e. The lowest BCUT2D eigenvalue weighted by molar-refractivity contribution is -0.169. The van der Waals surface area contributed by atoms with Gasteiger partial charge in [0.25, 0.3) is 5.91 Å². The SMILES string of the molecule is O=C1CCCN1CC1CCC2(CN(C(=O)c3ccn[nH]3)C2)OC1. The molecule has 7 nitrogen and oxygen atoms in total. The number of carbonyl (C=O) groups excluding carboxylic acids is 2. The fraction of sp³-hybridized carbons (Fsp3) is 0.688. The van der Waals surface area contributed by atoms with Crippen molar-refractivity contribution in [3.05, 3.63) is 18.0 Å². The molecular formula is C16H22N4O3. The van der Waals surface area contributed by atoms with E-state index in [4.69, 9.17) is 4.74 Å². The van der Waals surface area contributed by atoms with Crippen molar-refractivity contribution in [1.82, 2.24) is 20.0 Å². The summed E-state index contributed by atoms with van der Waals surface area (Å²) in [6, 6.07) is 1.69. The molecule has 1 N–H and O–H groups in total. The first kappa shape index (κ1) is 14.7. The second kappa shape index (κ2) is 5.63. The van der Waals surface area contributed by atoms with E-state index in [0.29, 0.717) is 37.7 Å². The van der Waals surface area contributed by atoms with Gasteiger partial charge >= 0.3 is 0 Å². The average molecular weight is 318 g/mol. The molecule has 23 heavy (non-hydrogen) atoms. The molecule has 1 spiro atoms. The summed E-state index contributed by atoms with van der Waals surface area (Å²) in [4.78, 5) is 27.7. The summed E-state index contributed by atoms with van der Waals surface area (Å²) in [6.07, 6.45) is 5.30. The van der Waals surface area contributed by atoms with Crippen molar-refractivity contribution in [2.45, 2.75) is 31.3 Å². The molecule has 3 saturated heterocycles. The molecule has 0 saturated carbocycles. The number of nitrogens with zero attached hydrogens (tertiary/aromatic N) is 3. The minimum Gasteiger partial charge on any atom is -0.371 e. The minimum absolute atomic E-state index is 0.0125. The van der Waals surface area contributed by atoms with Gasteiger partial charge in [-0.25, -0.2) is 0 Å². The van der Waals surface area contributed by atoms with Crippen LogP contribution in [0.3, 0.4) is 0 Å². The lowest BCUT2D eigenvalue weighted by Gasteiger charge is -2.52. The molecule has 7 heteroatoms. The van der Waals surface area contributed by atoms with Gasteiger partial charge in [-0.05, 0) is 25.3 Å². The first-order chi connectivity index (χ1) is 11.2. The van der Waals surface area contributed by atoms with Crippen LogP contribution in [0.4, 0.5) is 0 Å². The maximum absolute atomic E-state index is 12.2. The van der Waals surface area contributed by atoms with Crippen molar-refractivity contribution >= 4 is 11.8 Å². The zero-order valence-corrected chi connectivity index (χ0v) is 13.2. The Morgan fingerprint density at radius 3 is 2.96 bits per heavy atom. The Hall–Kier alpha value is -1.89. The van der Waals surface area contributed by atoms with Crippen LogP contribution >= 0.6 is 0 Å². The smallest absolute Gasteiger partial charge is 0.272 e. The van der Waals surface area contributed by atoms with E-state index in [1.807, 2.05) is 4.90 Å². The Labute approximate surface area is 135 Å². The van der Waals surface area contributed by atoms with Crippen molar-refractivity contribution < 1.29 is 14.3 Å². The third-order valence-electron chi connectivity index (χ3n) is 5.26. The highest BCUT2D eigenvalue weighted by Crippen LogP contribution is 2.37. The summed E-state index contributed by atoms with van der Waals surface area (Å²) in [5, 5.41) is 6.53. The molecule has 0 radical (unpaired) electrons. The Balaban J connectivity index is 1.26. The summed E-state index contributed by atoms with van der Waals surface area (Å²) >= 11 is 0. The van der Waals surface area contributed by atoms with E-state index < -0.39 is 0 Å². The Morgan fingerprint density at radius 2 is 2.35 bits per heavy atom. The summed E-state index contributed by atoms with van der Waals surface area (Å²) in [7, 11) is 0. The van der Waals surface area contributed by atoms with Crippen LogP contribution in [-0.4, -0.2) is 70.2 Å². The number of nitrogens with one attached hydrogen (secondary N) is 1. The van der Waals surface area contributed by atoms with Gasteiger partial charge < -0.3 is 14.5 Å². The monoisotopic (exact) mass is 318 g/mol. The largest absolute Gasteiger partial charge is 0.371 e. The van der Waals surface area contributed by atoms with Crippen molar-refractivity contribution in [3.8, 4) is 0 Å². The molecule has 4 rings (SSSR count). The van der Waals surface area contributed by atoms with Crippen molar-refractivity contribution in [3.63, 3.8) is 0 Å². The zero-order chi connectivity index (χ0) is 15.9. The minimum atomic E-state index is -0.165. The first-order valence-corrected chi connectivity index (χ1v) is 8.36. The summed E-state index contributed by atoms with van der Waals surface area (Å²) in [5.41, 5.74) is 0.363. The van der Waals surface area contributed by atoms with E-state index in [1.165, 1.54) is 0 Å². The van der Waals surface area contributed by atoms with Gasteiger partial charge in [-0.1, -0.05) is 0 Å². The molecule has 1 aromatic rings. The predicted octanol–water partition coefficient (Wildman–Crippen LogP) is 0.653. The molecule has 3 aliphatic heterocycles. The fourth-order valence-electron chi connectivity index (χ4n) is 3.86. The number of aromatic amines is 1. The molecule has 0 aliphatic carbocycles. The molecule has 2 amide bonds. The standard InChI is InChI=1S/C16H22N4O3/c21-14-2-1-7-19(14)8-12-3-5-16(23-9-12)10-20(11-16)15(22)13-4-6-17-18-13/h4,6,12H,1-3,5,7-11H2,(H,17,18). The topological polar surface area (TPSA) is 78.5 Å². The average Bonchev–Trinajstić information content (AvgIpc) is 3.18. The van der Waals surface area contributed by atoms with E-state index in [2.05, 4.69) is 10.2 Å². The van der Waals surface area contributed by atoms with Gasteiger partial charge in [0.2, 0.25) is 5.91 Å². The molecule has 0 aromatic carbocycles. The molecule has 1 unspecified atom stereocenters. The third kappa shape index (κ3) is 2.73. The van der Waals surface area contributed by atoms with Crippen LogP contribution in [-0.2, 0) is 9.53 Å². The maximum atomic E-state index is 12.2. The second-order valence-corrected chi connectivity index (χ2v) is 6.97. The van der Waals surface area contributed by atoms with Gasteiger partial charge in [0.1, 0.15) is 11.3 Å². The van der Waals surface area contributed by atoms with Crippen molar-refractivity contribution in [1.29, 1.82) is 0 Å². The van der Waals surface area contributed by atoms with Crippen LogP contribution in [0.5, 0.6) is 0 Å². The van der Waals surface area contributed by atoms with Crippen LogP contribution in [0.2, 0.25) is 0 Å². The second-order valence-electron chi connectivity index (χ2n) is 6.97. The van der Waals surface area contributed by atoms with Gasteiger partial charge in [0.05, 0.1) is 19.7 Å². The van der Waals surface area contributed by atoms with Crippen LogP contribution in [0, 0.1) is 5.92 Å². The van der Waals surface area contributed by atoms with Crippen molar-refractivity contribution in [2.75, 3.05) is 32.8 Å². The highest BCUT2D eigenvalue weighted by atomic mass is 16.5. The predicted molar refractivity (Wildman–Crippen MR) is 81.7 cm³/mol. The normalized spacial score (nSPS) is 26.6. The van der Waals surface area contributed by atoms with E-state index in [0.717, 1.165) is 32.4 Å². The number of ether oxygens (including phenoxy) is 1. The molecule has 4 heterocycles. The zero-order valence-electron chi connectivity index (χ0n) is 13.2. The Kier molecular flexibility index (Phi) is 3.60. The molecular weight excluding hydrogens is 296 g/mol. The molecule has 0 bridgehead atoms. The van der Waals surface area contributed by atoms with Gasteiger partial charge in [-0.15, -0.1) is 0 Å². The molecule has 1 atom stereocenters. The molecule has 3 aliphatic rings. The summed E-state index contributed by atoms with van der Waals surface area (Å²) < 4.78 is 6.10. The molecule has 3 fully saturated rings. The number of aromatic nitrogens is 2. The van der Waals surface area contributed by atoms with E-state index in [-0.39, 0.29) is 17.4 Å². The van der Waals surface area contributed by atoms with E-state index >= 15 is 0 Å². The summed E-state index contributed by atoms with van der Waals surface area (Å²) in [6.45, 7) is 3.72. The highest BCUT2D eigenvalue weighted by molar-refractivity contribution is 5.92. The molecule has 124 valence electrons. The van der Waals surface area contributed by atoms with Gasteiger partial charge in [0, 0.05) is 31.6 Å². The third-order valence-corrected chi connectivity index (χ3v) is 5.26. The quantitative estimate of drug-likeness (QED) is 0.888. The van der Waals surface area contributed by atoms with Gasteiger partial charge in [-0.2, -0.15) is 5.10 Å². The summed E-state index contributed by atoms with van der Waals surface area (Å²) in [5.74, 6) is 0.701. The van der Waals surface area contributed by atoms with Crippen LogP contribution in [0.15, 0.2) is 12.3 Å². The van der Waals surface area contributed by atoms with E-state index in [9.17, 15) is 9.59 Å². The highest BCUT2D eigenvalue weighted by Gasteiger charge is 2.49.